The largest absolute Gasteiger partial charge is 0.480 e. The predicted molar refractivity (Wildman–Crippen MR) is 78.7 cm³/mol. The van der Waals surface area contributed by atoms with Gasteiger partial charge in [-0.2, -0.15) is 0 Å². The van der Waals surface area contributed by atoms with Crippen LogP contribution in [0.1, 0.15) is 59.3 Å². The number of carbonyl (C=O) groups is 2. The fourth-order valence-corrected chi connectivity index (χ4v) is 2.89. The van der Waals surface area contributed by atoms with Crippen molar-refractivity contribution in [2.24, 2.45) is 5.92 Å². The number of carbonyl (C=O) groups excluding carboxylic acids is 1. The molecule has 5 nitrogen and oxygen atoms in total. The molecule has 0 aliphatic heterocycles. The number of nitrogens with zero attached hydrogens (tertiary/aromatic N) is 1. The van der Waals surface area contributed by atoms with Gasteiger partial charge in [0.2, 0.25) is 0 Å². The minimum absolute atomic E-state index is 0.229. The topological polar surface area (TPSA) is 69.6 Å². The predicted octanol–water partition coefficient (Wildman–Crippen LogP) is 2.85. The van der Waals surface area contributed by atoms with Crippen molar-refractivity contribution in [1.29, 1.82) is 0 Å². The van der Waals surface area contributed by atoms with Crippen LogP contribution in [0.15, 0.2) is 0 Å². The Morgan fingerprint density at radius 1 is 1.25 bits per heavy atom. The highest BCUT2D eigenvalue weighted by atomic mass is 16.4. The number of carboxylic acid groups (broad SMARTS) is 1. The molecule has 5 heteroatoms. The third-order valence-corrected chi connectivity index (χ3v) is 3.92. The Kier molecular flexibility index (Phi) is 6.82. The molecule has 1 atom stereocenters. The molecule has 1 aliphatic carbocycles. The van der Waals surface area contributed by atoms with Gasteiger partial charge in [0.15, 0.2) is 0 Å². The lowest BCUT2D eigenvalue weighted by Crippen LogP contribution is -2.52. The van der Waals surface area contributed by atoms with E-state index in [1.165, 1.54) is 6.42 Å². The van der Waals surface area contributed by atoms with E-state index < -0.39 is 12.0 Å². The van der Waals surface area contributed by atoms with Crippen molar-refractivity contribution in [2.45, 2.75) is 71.4 Å². The standard InChI is InChI=1S/C15H28N2O3/c1-4-17(12-8-6-5-7-9-12)15(20)16-13(14(18)19)10-11(2)3/h11-13H,4-10H2,1-3H3,(H,16,20)(H,18,19). The lowest BCUT2D eigenvalue weighted by Gasteiger charge is -2.34. The molecule has 1 rings (SSSR count). The van der Waals surface area contributed by atoms with Crippen LogP contribution >= 0.6 is 0 Å². The van der Waals surface area contributed by atoms with E-state index in [0.717, 1.165) is 25.7 Å². The van der Waals surface area contributed by atoms with Crippen molar-refractivity contribution in [2.75, 3.05) is 6.54 Å². The Morgan fingerprint density at radius 2 is 1.85 bits per heavy atom. The van der Waals surface area contributed by atoms with Gasteiger partial charge in [-0.15, -0.1) is 0 Å². The maximum absolute atomic E-state index is 12.3. The Labute approximate surface area is 121 Å². The van der Waals surface area contributed by atoms with E-state index in [4.69, 9.17) is 0 Å². The van der Waals surface area contributed by atoms with E-state index >= 15 is 0 Å². The second-order valence-electron chi connectivity index (χ2n) is 6.05. The normalized spacial score (nSPS) is 17.8. The molecular formula is C15H28N2O3. The van der Waals surface area contributed by atoms with E-state index in [1.54, 1.807) is 4.90 Å². The molecule has 1 aliphatic rings. The van der Waals surface area contributed by atoms with E-state index in [9.17, 15) is 14.7 Å². The highest BCUT2D eigenvalue weighted by molar-refractivity contribution is 5.82. The van der Waals surface area contributed by atoms with Gasteiger partial charge in [-0.25, -0.2) is 9.59 Å². The zero-order valence-corrected chi connectivity index (χ0v) is 12.9. The third kappa shape index (κ3) is 5.02. The number of hydrogen-bond donors (Lipinski definition) is 2. The van der Waals surface area contributed by atoms with E-state index in [2.05, 4.69) is 5.32 Å². The zero-order chi connectivity index (χ0) is 15.1. The number of hydrogen-bond acceptors (Lipinski definition) is 2. The fraction of sp³-hybridized carbons (Fsp3) is 0.867. The van der Waals surface area contributed by atoms with Crippen LogP contribution in [0, 0.1) is 5.92 Å². The molecule has 0 aromatic carbocycles. The summed E-state index contributed by atoms with van der Waals surface area (Å²) in [7, 11) is 0. The molecule has 0 aromatic heterocycles. The fourth-order valence-electron chi connectivity index (χ4n) is 2.89. The van der Waals surface area contributed by atoms with Crippen LogP contribution in [0.3, 0.4) is 0 Å². The van der Waals surface area contributed by atoms with Crippen LogP contribution in [-0.4, -0.2) is 40.6 Å². The summed E-state index contributed by atoms with van der Waals surface area (Å²) in [5.41, 5.74) is 0. The second kappa shape index (κ2) is 8.12. The Morgan fingerprint density at radius 3 is 2.30 bits per heavy atom. The molecule has 0 bridgehead atoms. The number of urea groups is 1. The minimum atomic E-state index is -0.952. The van der Waals surface area contributed by atoms with Crippen molar-refractivity contribution in [3.63, 3.8) is 0 Å². The summed E-state index contributed by atoms with van der Waals surface area (Å²) in [5, 5.41) is 11.9. The van der Waals surface area contributed by atoms with Crippen molar-refractivity contribution >= 4 is 12.0 Å². The van der Waals surface area contributed by atoms with E-state index in [-0.39, 0.29) is 18.0 Å². The molecular weight excluding hydrogens is 256 g/mol. The zero-order valence-electron chi connectivity index (χ0n) is 12.9. The molecule has 0 saturated heterocycles. The van der Waals surface area contributed by atoms with E-state index in [0.29, 0.717) is 13.0 Å². The van der Waals surface area contributed by atoms with Crippen molar-refractivity contribution < 1.29 is 14.7 Å². The number of carboxylic acids is 1. The van der Waals surface area contributed by atoms with Gasteiger partial charge in [0.25, 0.3) is 0 Å². The molecule has 0 radical (unpaired) electrons. The van der Waals surface area contributed by atoms with Crippen LogP contribution in [0.5, 0.6) is 0 Å². The first-order valence-electron chi connectivity index (χ1n) is 7.75. The molecule has 2 N–H and O–H groups in total. The van der Waals surface area contributed by atoms with Crippen molar-refractivity contribution in [1.82, 2.24) is 10.2 Å². The van der Waals surface area contributed by atoms with Gasteiger partial charge < -0.3 is 15.3 Å². The van der Waals surface area contributed by atoms with Crippen LogP contribution < -0.4 is 5.32 Å². The molecule has 1 fully saturated rings. The van der Waals surface area contributed by atoms with Gasteiger partial charge in [0.1, 0.15) is 6.04 Å². The number of rotatable bonds is 6. The summed E-state index contributed by atoms with van der Waals surface area (Å²) in [6, 6.07) is -0.755. The molecule has 1 unspecified atom stereocenters. The number of aliphatic carboxylic acids is 1. The van der Waals surface area contributed by atoms with Crippen molar-refractivity contribution in [3.8, 4) is 0 Å². The highest BCUT2D eigenvalue weighted by Gasteiger charge is 2.28. The Hall–Kier alpha value is -1.26. The van der Waals surface area contributed by atoms with Gasteiger partial charge in [0.05, 0.1) is 0 Å². The SMILES string of the molecule is CCN(C(=O)NC(CC(C)C)C(=O)O)C1CCCCC1. The summed E-state index contributed by atoms with van der Waals surface area (Å²) in [4.78, 5) is 25.3. The summed E-state index contributed by atoms with van der Waals surface area (Å²) >= 11 is 0. The number of nitrogens with one attached hydrogen (secondary N) is 1. The number of amides is 2. The molecule has 2 amide bonds. The van der Waals surface area contributed by atoms with Crippen LogP contribution in [0.25, 0.3) is 0 Å². The maximum Gasteiger partial charge on any atom is 0.326 e. The first kappa shape index (κ1) is 16.8. The molecule has 1 saturated carbocycles. The van der Waals surface area contributed by atoms with Gasteiger partial charge >= 0.3 is 12.0 Å². The Bertz CT molecular complexity index is 325. The molecule has 0 spiro atoms. The minimum Gasteiger partial charge on any atom is -0.480 e. The Balaban J connectivity index is 2.62. The molecule has 20 heavy (non-hydrogen) atoms. The van der Waals surface area contributed by atoms with Gasteiger partial charge in [-0.1, -0.05) is 33.1 Å². The molecule has 116 valence electrons. The van der Waals surface area contributed by atoms with Gasteiger partial charge in [-0.3, -0.25) is 0 Å². The van der Waals surface area contributed by atoms with E-state index in [1.807, 2.05) is 20.8 Å². The lowest BCUT2D eigenvalue weighted by atomic mass is 9.94. The second-order valence-corrected chi connectivity index (χ2v) is 6.05. The summed E-state index contributed by atoms with van der Waals surface area (Å²) in [5.74, 6) is -0.715. The smallest absolute Gasteiger partial charge is 0.326 e. The van der Waals surface area contributed by atoms with Gasteiger partial charge in [0, 0.05) is 12.6 Å². The first-order valence-corrected chi connectivity index (χ1v) is 7.75. The quantitative estimate of drug-likeness (QED) is 0.788. The third-order valence-electron chi connectivity index (χ3n) is 3.92. The molecule has 0 aromatic rings. The summed E-state index contributed by atoms with van der Waals surface area (Å²) < 4.78 is 0. The average molecular weight is 284 g/mol. The molecule has 0 heterocycles. The summed E-state index contributed by atoms with van der Waals surface area (Å²) in [6.07, 6.45) is 6.07. The monoisotopic (exact) mass is 284 g/mol. The lowest BCUT2D eigenvalue weighted by molar-refractivity contribution is -0.139. The van der Waals surface area contributed by atoms with Gasteiger partial charge in [-0.05, 0) is 32.1 Å². The first-order chi connectivity index (χ1) is 9.45. The van der Waals surface area contributed by atoms with Crippen LogP contribution in [0.2, 0.25) is 0 Å². The maximum atomic E-state index is 12.3. The van der Waals surface area contributed by atoms with Crippen LogP contribution in [0.4, 0.5) is 4.79 Å². The van der Waals surface area contributed by atoms with Crippen LogP contribution in [-0.2, 0) is 4.79 Å². The highest BCUT2D eigenvalue weighted by Crippen LogP contribution is 2.22. The van der Waals surface area contributed by atoms with Crippen molar-refractivity contribution in [3.05, 3.63) is 0 Å². The average Bonchev–Trinajstić information content (AvgIpc) is 2.39. The summed E-state index contributed by atoms with van der Waals surface area (Å²) in [6.45, 7) is 6.50.